The van der Waals surface area contributed by atoms with Gasteiger partial charge in [0.15, 0.2) is 0 Å². The lowest BCUT2D eigenvalue weighted by Gasteiger charge is -2.15. The highest BCUT2D eigenvalue weighted by atomic mass is 16.5. The van der Waals surface area contributed by atoms with E-state index in [9.17, 15) is 4.79 Å². The number of benzene rings is 1. The van der Waals surface area contributed by atoms with Gasteiger partial charge in [-0.05, 0) is 17.5 Å². The summed E-state index contributed by atoms with van der Waals surface area (Å²) in [6.07, 6.45) is 0.526. The second kappa shape index (κ2) is 6.25. The molecular formula is C12H17NO3. The van der Waals surface area contributed by atoms with E-state index in [1.165, 1.54) is 0 Å². The Morgan fingerprint density at radius 2 is 2.19 bits per heavy atom. The van der Waals surface area contributed by atoms with Gasteiger partial charge >= 0.3 is 5.97 Å². The zero-order valence-corrected chi connectivity index (χ0v) is 9.35. The highest BCUT2D eigenvalue weighted by Gasteiger charge is 2.11. The van der Waals surface area contributed by atoms with Gasteiger partial charge in [0, 0.05) is 19.6 Å². The van der Waals surface area contributed by atoms with Crippen LogP contribution in [0, 0.1) is 0 Å². The SMILES string of the molecule is COCc1ccccc1C(N)CCC(=O)O. The third kappa shape index (κ3) is 3.64. The molecule has 1 unspecified atom stereocenters. The van der Waals surface area contributed by atoms with Crippen molar-refractivity contribution < 1.29 is 14.6 Å². The Labute approximate surface area is 95.0 Å². The van der Waals surface area contributed by atoms with Gasteiger partial charge in [0.2, 0.25) is 0 Å². The lowest BCUT2D eigenvalue weighted by atomic mass is 9.98. The molecule has 0 aliphatic carbocycles. The van der Waals surface area contributed by atoms with E-state index in [1.807, 2.05) is 24.3 Å². The zero-order valence-electron chi connectivity index (χ0n) is 9.35. The van der Waals surface area contributed by atoms with Crippen molar-refractivity contribution in [2.24, 2.45) is 5.73 Å². The fourth-order valence-electron chi connectivity index (χ4n) is 1.62. The maximum absolute atomic E-state index is 10.5. The Morgan fingerprint density at radius 1 is 1.50 bits per heavy atom. The minimum absolute atomic E-state index is 0.0858. The maximum Gasteiger partial charge on any atom is 0.303 e. The molecule has 0 fully saturated rings. The minimum atomic E-state index is -0.820. The second-order valence-corrected chi connectivity index (χ2v) is 3.67. The van der Waals surface area contributed by atoms with E-state index >= 15 is 0 Å². The van der Waals surface area contributed by atoms with Crippen LogP contribution in [0.3, 0.4) is 0 Å². The van der Waals surface area contributed by atoms with Crippen LogP contribution < -0.4 is 5.73 Å². The first-order valence-corrected chi connectivity index (χ1v) is 5.19. The Balaban J connectivity index is 2.73. The predicted molar refractivity (Wildman–Crippen MR) is 61.0 cm³/mol. The molecule has 1 aromatic rings. The molecule has 0 spiro atoms. The van der Waals surface area contributed by atoms with Crippen LogP contribution in [0.2, 0.25) is 0 Å². The van der Waals surface area contributed by atoms with Crippen LogP contribution in [0.1, 0.15) is 30.0 Å². The summed E-state index contributed by atoms with van der Waals surface area (Å²) >= 11 is 0. The van der Waals surface area contributed by atoms with E-state index in [0.29, 0.717) is 13.0 Å². The van der Waals surface area contributed by atoms with Crippen molar-refractivity contribution in [2.45, 2.75) is 25.5 Å². The van der Waals surface area contributed by atoms with Crippen molar-refractivity contribution in [3.05, 3.63) is 35.4 Å². The number of carboxylic acids is 1. The number of hydrogen-bond donors (Lipinski definition) is 2. The molecule has 88 valence electrons. The average molecular weight is 223 g/mol. The molecule has 1 aromatic carbocycles. The minimum Gasteiger partial charge on any atom is -0.481 e. The zero-order chi connectivity index (χ0) is 12.0. The molecule has 0 aliphatic rings. The highest BCUT2D eigenvalue weighted by molar-refractivity contribution is 5.66. The van der Waals surface area contributed by atoms with Gasteiger partial charge in [-0.2, -0.15) is 0 Å². The number of nitrogens with two attached hydrogens (primary N) is 1. The molecular weight excluding hydrogens is 206 g/mol. The van der Waals surface area contributed by atoms with Gasteiger partial charge in [-0.15, -0.1) is 0 Å². The molecule has 0 amide bonds. The summed E-state index contributed by atoms with van der Waals surface area (Å²) in [6.45, 7) is 0.497. The number of methoxy groups -OCH3 is 1. The molecule has 0 saturated carbocycles. The quantitative estimate of drug-likeness (QED) is 0.769. The number of carboxylic acid groups (broad SMARTS) is 1. The van der Waals surface area contributed by atoms with Crippen LogP contribution in [0.5, 0.6) is 0 Å². The van der Waals surface area contributed by atoms with Crippen molar-refractivity contribution in [1.82, 2.24) is 0 Å². The molecule has 0 heterocycles. The van der Waals surface area contributed by atoms with Gasteiger partial charge in [-0.3, -0.25) is 4.79 Å². The predicted octanol–water partition coefficient (Wildman–Crippen LogP) is 1.70. The Hall–Kier alpha value is -1.39. The first kappa shape index (κ1) is 12.7. The number of carbonyl (C=O) groups is 1. The summed E-state index contributed by atoms with van der Waals surface area (Å²) in [4.78, 5) is 10.5. The highest BCUT2D eigenvalue weighted by Crippen LogP contribution is 2.20. The van der Waals surface area contributed by atoms with Gasteiger partial charge in [-0.25, -0.2) is 0 Å². The molecule has 0 bridgehead atoms. The van der Waals surface area contributed by atoms with E-state index in [0.717, 1.165) is 11.1 Å². The summed E-state index contributed by atoms with van der Waals surface area (Å²) in [5.74, 6) is -0.820. The van der Waals surface area contributed by atoms with Crippen molar-refractivity contribution in [3.63, 3.8) is 0 Å². The summed E-state index contributed by atoms with van der Waals surface area (Å²) in [7, 11) is 1.62. The summed E-state index contributed by atoms with van der Waals surface area (Å²) in [6, 6.07) is 7.43. The normalized spacial score (nSPS) is 12.4. The molecule has 1 atom stereocenters. The van der Waals surface area contributed by atoms with E-state index in [-0.39, 0.29) is 12.5 Å². The average Bonchev–Trinajstić information content (AvgIpc) is 2.27. The van der Waals surface area contributed by atoms with E-state index in [2.05, 4.69) is 0 Å². The monoisotopic (exact) mass is 223 g/mol. The number of ether oxygens (including phenoxy) is 1. The van der Waals surface area contributed by atoms with Crippen LogP contribution in [-0.4, -0.2) is 18.2 Å². The van der Waals surface area contributed by atoms with E-state index < -0.39 is 5.97 Å². The van der Waals surface area contributed by atoms with E-state index in [4.69, 9.17) is 15.6 Å². The van der Waals surface area contributed by atoms with Crippen molar-refractivity contribution >= 4 is 5.97 Å². The third-order valence-corrected chi connectivity index (χ3v) is 2.42. The number of rotatable bonds is 6. The van der Waals surface area contributed by atoms with Crippen LogP contribution in [-0.2, 0) is 16.1 Å². The largest absolute Gasteiger partial charge is 0.481 e. The van der Waals surface area contributed by atoms with Crippen molar-refractivity contribution in [1.29, 1.82) is 0 Å². The standard InChI is InChI=1S/C12H17NO3/c1-16-8-9-4-2-3-5-10(9)11(13)6-7-12(14)15/h2-5,11H,6-8,13H2,1H3,(H,14,15). The van der Waals surface area contributed by atoms with Crippen LogP contribution in [0.4, 0.5) is 0 Å². The molecule has 0 radical (unpaired) electrons. The molecule has 0 saturated heterocycles. The molecule has 4 nitrogen and oxygen atoms in total. The van der Waals surface area contributed by atoms with E-state index in [1.54, 1.807) is 7.11 Å². The van der Waals surface area contributed by atoms with Crippen LogP contribution >= 0.6 is 0 Å². The lowest BCUT2D eigenvalue weighted by molar-refractivity contribution is -0.137. The van der Waals surface area contributed by atoms with Crippen LogP contribution in [0.25, 0.3) is 0 Å². The number of hydrogen-bond acceptors (Lipinski definition) is 3. The van der Waals surface area contributed by atoms with Crippen molar-refractivity contribution in [2.75, 3.05) is 7.11 Å². The van der Waals surface area contributed by atoms with Gasteiger partial charge in [-0.1, -0.05) is 24.3 Å². The molecule has 1 rings (SSSR count). The van der Waals surface area contributed by atoms with Gasteiger partial charge in [0.1, 0.15) is 0 Å². The lowest BCUT2D eigenvalue weighted by Crippen LogP contribution is -2.14. The first-order chi connectivity index (χ1) is 7.65. The van der Waals surface area contributed by atoms with Crippen LogP contribution in [0.15, 0.2) is 24.3 Å². The van der Waals surface area contributed by atoms with Crippen molar-refractivity contribution in [3.8, 4) is 0 Å². The van der Waals surface area contributed by atoms with Gasteiger partial charge in [0.05, 0.1) is 6.61 Å². The maximum atomic E-state index is 10.5. The Kier molecular flexibility index (Phi) is 4.95. The fourth-order valence-corrected chi connectivity index (χ4v) is 1.62. The summed E-state index contributed by atoms with van der Waals surface area (Å²) in [5.41, 5.74) is 7.94. The molecule has 0 aliphatic heterocycles. The molecule has 0 aromatic heterocycles. The topological polar surface area (TPSA) is 72.5 Å². The molecule has 16 heavy (non-hydrogen) atoms. The summed E-state index contributed by atoms with van der Waals surface area (Å²) < 4.78 is 5.07. The molecule has 3 N–H and O–H groups in total. The third-order valence-electron chi connectivity index (χ3n) is 2.42. The fraction of sp³-hybridized carbons (Fsp3) is 0.417. The second-order valence-electron chi connectivity index (χ2n) is 3.67. The number of aliphatic carboxylic acids is 1. The first-order valence-electron chi connectivity index (χ1n) is 5.19. The Morgan fingerprint density at radius 3 is 2.81 bits per heavy atom. The summed E-state index contributed by atoms with van der Waals surface area (Å²) in [5, 5.41) is 8.60. The van der Waals surface area contributed by atoms with Gasteiger partial charge in [0.25, 0.3) is 0 Å². The molecule has 4 heteroatoms. The van der Waals surface area contributed by atoms with Gasteiger partial charge < -0.3 is 15.6 Å². The smallest absolute Gasteiger partial charge is 0.303 e. The Bertz CT molecular complexity index is 352.